The summed E-state index contributed by atoms with van der Waals surface area (Å²) in [5.74, 6) is -0.282. The largest absolute Gasteiger partial charge is 0.272 e. The normalized spacial score (nSPS) is 11.5. The Hall–Kier alpha value is -3.50. The lowest BCUT2D eigenvalue weighted by atomic mass is 10.0. The topological polar surface area (TPSA) is 54.4 Å². The Bertz CT molecular complexity index is 1250. The van der Waals surface area contributed by atoms with E-state index < -0.39 is 0 Å². The lowest BCUT2D eigenvalue weighted by Crippen LogP contribution is -2.20. The maximum absolute atomic E-state index is 13.0. The number of pyridine rings is 1. The Morgan fingerprint density at radius 2 is 1.67 bits per heavy atom. The highest BCUT2D eigenvalue weighted by molar-refractivity contribution is 6.30. The average molecular weight is 414 g/mol. The Morgan fingerprint density at radius 1 is 0.967 bits per heavy atom. The quantitative estimate of drug-likeness (QED) is 0.328. The monoisotopic (exact) mass is 413 g/mol. The number of hydrogen-bond acceptors (Lipinski definition) is 3. The molecule has 30 heavy (non-hydrogen) atoms. The van der Waals surface area contributed by atoms with Gasteiger partial charge in [0, 0.05) is 16.0 Å². The van der Waals surface area contributed by atoms with Gasteiger partial charge in [-0.1, -0.05) is 71.8 Å². The van der Waals surface area contributed by atoms with Crippen LogP contribution in [0, 0.1) is 6.92 Å². The number of benzene rings is 3. The van der Waals surface area contributed by atoms with Crippen LogP contribution in [-0.2, 0) is 0 Å². The molecule has 1 heterocycles. The molecule has 0 radical (unpaired) electrons. The fourth-order valence-corrected chi connectivity index (χ4v) is 3.31. The van der Waals surface area contributed by atoms with Crippen LogP contribution in [-0.4, -0.2) is 16.6 Å². The van der Waals surface area contributed by atoms with Gasteiger partial charge in [-0.3, -0.25) is 4.79 Å². The van der Waals surface area contributed by atoms with Crippen LogP contribution >= 0.6 is 11.6 Å². The smallest absolute Gasteiger partial charge is 0.267 e. The highest BCUT2D eigenvalue weighted by atomic mass is 35.5. The van der Waals surface area contributed by atoms with Crippen molar-refractivity contribution in [2.24, 2.45) is 5.10 Å². The Morgan fingerprint density at radius 3 is 2.40 bits per heavy atom. The molecule has 0 aliphatic carbocycles. The molecule has 0 unspecified atom stereocenters. The van der Waals surface area contributed by atoms with E-state index in [1.165, 1.54) is 5.56 Å². The van der Waals surface area contributed by atoms with Gasteiger partial charge in [-0.15, -0.1) is 0 Å². The first kappa shape index (κ1) is 19.8. The van der Waals surface area contributed by atoms with E-state index in [2.05, 4.69) is 10.5 Å². The van der Waals surface area contributed by atoms with Crippen LogP contribution in [0.3, 0.4) is 0 Å². The maximum Gasteiger partial charge on any atom is 0.272 e. The number of aryl methyl sites for hydroxylation is 1. The molecule has 3 aromatic carbocycles. The van der Waals surface area contributed by atoms with Crippen molar-refractivity contribution in [3.05, 3.63) is 101 Å². The molecule has 5 heteroatoms. The Labute approximate surface area is 180 Å². The summed E-state index contributed by atoms with van der Waals surface area (Å²) in [7, 11) is 0. The first-order valence-corrected chi connectivity index (χ1v) is 9.96. The Balaban J connectivity index is 1.70. The molecule has 148 valence electrons. The van der Waals surface area contributed by atoms with Gasteiger partial charge in [0.05, 0.1) is 22.5 Å². The number of aromatic nitrogens is 1. The molecule has 0 saturated carbocycles. The van der Waals surface area contributed by atoms with Crippen molar-refractivity contribution < 1.29 is 4.79 Å². The summed E-state index contributed by atoms with van der Waals surface area (Å²) in [6, 6.07) is 24.8. The standard InChI is InChI=1S/C25H20ClN3O/c1-16-7-9-19(10-8-16)24-15-22(21-5-3-4-6-23(21)27-24)25(30)29-28-17(2)18-11-13-20(26)14-12-18/h3-15H,1-2H3,(H,29,30). The molecule has 1 amide bonds. The predicted octanol–water partition coefficient (Wildman–Crippen LogP) is 6.02. The van der Waals surface area contributed by atoms with E-state index in [-0.39, 0.29) is 5.91 Å². The minimum Gasteiger partial charge on any atom is -0.267 e. The van der Waals surface area contributed by atoms with E-state index in [1.807, 2.05) is 80.6 Å². The van der Waals surface area contributed by atoms with Gasteiger partial charge in [-0.05, 0) is 43.7 Å². The summed E-state index contributed by atoms with van der Waals surface area (Å²) in [4.78, 5) is 17.8. The van der Waals surface area contributed by atoms with Crippen molar-refractivity contribution in [1.29, 1.82) is 0 Å². The van der Waals surface area contributed by atoms with Crippen molar-refractivity contribution in [1.82, 2.24) is 10.4 Å². The number of nitrogens with one attached hydrogen (secondary N) is 1. The third-order valence-corrected chi connectivity index (χ3v) is 5.15. The van der Waals surface area contributed by atoms with E-state index in [9.17, 15) is 4.79 Å². The molecular weight excluding hydrogens is 394 g/mol. The van der Waals surface area contributed by atoms with E-state index >= 15 is 0 Å². The summed E-state index contributed by atoms with van der Waals surface area (Å²) in [6.07, 6.45) is 0. The Kier molecular flexibility index (Phi) is 5.59. The van der Waals surface area contributed by atoms with Crippen LogP contribution in [0.15, 0.2) is 84.0 Å². The van der Waals surface area contributed by atoms with E-state index in [0.29, 0.717) is 16.3 Å². The first-order chi connectivity index (χ1) is 14.5. The number of halogens is 1. The molecule has 0 atom stereocenters. The van der Waals surface area contributed by atoms with Crippen molar-refractivity contribution in [2.45, 2.75) is 13.8 Å². The molecule has 0 spiro atoms. The van der Waals surface area contributed by atoms with Gasteiger partial charge in [0.25, 0.3) is 5.91 Å². The summed E-state index contributed by atoms with van der Waals surface area (Å²) < 4.78 is 0. The van der Waals surface area contributed by atoms with Gasteiger partial charge in [-0.2, -0.15) is 5.10 Å². The summed E-state index contributed by atoms with van der Waals surface area (Å²) >= 11 is 5.94. The molecular formula is C25H20ClN3O. The fourth-order valence-electron chi connectivity index (χ4n) is 3.19. The minimum atomic E-state index is -0.282. The number of hydrogen-bond donors (Lipinski definition) is 1. The maximum atomic E-state index is 13.0. The summed E-state index contributed by atoms with van der Waals surface area (Å²) in [6.45, 7) is 3.88. The van der Waals surface area contributed by atoms with E-state index in [0.717, 1.165) is 27.7 Å². The van der Waals surface area contributed by atoms with Gasteiger partial charge in [-0.25, -0.2) is 10.4 Å². The zero-order chi connectivity index (χ0) is 21.1. The van der Waals surface area contributed by atoms with Crippen LogP contribution in [0.1, 0.15) is 28.4 Å². The number of carbonyl (C=O) groups is 1. The van der Waals surface area contributed by atoms with E-state index in [4.69, 9.17) is 16.6 Å². The number of amides is 1. The van der Waals surface area contributed by atoms with Gasteiger partial charge in [0.15, 0.2) is 0 Å². The van der Waals surface area contributed by atoms with Crippen LogP contribution in [0.2, 0.25) is 5.02 Å². The van der Waals surface area contributed by atoms with Gasteiger partial charge in [0.1, 0.15) is 0 Å². The second kappa shape index (κ2) is 8.47. The number of fused-ring (bicyclic) bond motifs is 1. The predicted molar refractivity (Wildman–Crippen MR) is 123 cm³/mol. The second-order valence-electron chi connectivity index (χ2n) is 7.08. The highest BCUT2D eigenvalue weighted by Crippen LogP contribution is 2.25. The van der Waals surface area contributed by atoms with Crippen molar-refractivity contribution in [2.75, 3.05) is 0 Å². The van der Waals surface area contributed by atoms with Crippen molar-refractivity contribution >= 4 is 34.1 Å². The molecule has 4 aromatic rings. The molecule has 0 aliphatic heterocycles. The molecule has 0 aliphatic rings. The molecule has 0 fully saturated rings. The summed E-state index contributed by atoms with van der Waals surface area (Å²) in [5.41, 5.74) is 8.43. The molecule has 0 saturated heterocycles. The SMILES string of the molecule is CC(=NNC(=O)c1cc(-c2ccc(C)cc2)nc2ccccc12)c1ccc(Cl)cc1. The van der Waals surface area contributed by atoms with Crippen LogP contribution < -0.4 is 5.43 Å². The average Bonchev–Trinajstić information content (AvgIpc) is 2.77. The zero-order valence-corrected chi connectivity index (χ0v) is 17.4. The van der Waals surface area contributed by atoms with Gasteiger partial charge in [0.2, 0.25) is 0 Å². The minimum absolute atomic E-state index is 0.282. The number of carbonyl (C=O) groups excluding carboxylic acids is 1. The third-order valence-electron chi connectivity index (χ3n) is 4.90. The first-order valence-electron chi connectivity index (χ1n) is 9.58. The molecule has 0 bridgehead atoms. The highest BCUT2D eigenvalue weighted by Gasteiger charge is 2.14. The van der Waals surface area contributed by atoms with Gasteiger partial charge >= 0.3 is 0 Å². The molecule has 4 nitrogen and oxygen atoms in total. The third kappa shape index (κ3) is 4.24. The number of para-hydroxylation sites is 1. The molecule has 1 aromatic heterocycles. The lowest BCUT2D eigenvalue weighted by Gasteiger charge is -2.10. The van der Waals surface area contributed by atoms with Crippen LogP contribution in [0.4, 0.5) is 0 Å². The van der Waals surface area contributed by atoms with Crippen LogP contribution in [0.25, 0.3) is 22.2 Å². The zero-order valence-electron chi connectivity index (χ0n) is 16.7. The molecule has 4 rings (SSSR count). The van der Waals surface area contributed by atoms with Gasteiger partial charge < -0.3 is 0 Å². The number of hydrazone groups is 1. The second-order valence-corrected chi connectivity index (χ2v) is 7.52. The van der Waals surface area contributed by atoms with E-state index in [1.54, 1.807) is 12.1 Å². The lowest BCUT2D eigenvalue weighted by molar-refractivity contribution is 0.0956. The van der Waals surface area contributed by atoms with Crippen molar-refractivity contribution in [3.63, 3.8) is 0 Å². The fraction of sp³-hybridized carbons (Fsp3) is 0.0800. The van der Waals surface area contributed by atoms with Crippen molar-refractivity contribution in [3.8, 4) is 11.3 Å². The summed E-state index contributed by atoms with van der Waals surface area (Å²) in [5, 5.41) is 5.71. The van der Waals surface area contributed by atoms with Crippen LogP contribution in [0.5, 0.6) is 0 Å². The molecule has 1 N–H and O–H groups in total. The number of rotatable bonds is 4. The number of nitrogens with zero attached hydrogens (tertiary/aromatic N) is 2.